The summed E-state index contributed by atoms with van der Waals surface area (Å²) in [6.07, 6.45) is 0.935. The van der Waals surface area contributed by atoms with E-state index < -0.39 is 16.1 Å². The van der Waals surface area contributed by atoms with Crippen LogP contribution in [0, 0.1) is 0 Å². The van der Waals surface area contributed by atoms with Crippen molar-refractivity contribution in [2.24, 2.45) is 0 Å². The van der Waals surface area contributed by atoms with Gasteiger partial charge in [-0.05, 0) is 13.0 Å². The Hall–Kier alpha value is -0.960. The molecule has 1 aromatic heterocycles. The van der Waals surface area contributed by atoms with Gasteiger partial charge in [-0.25, -0.2) is 13.1 Å². The highest BCUT2D eigenvalue weighted by atomic mass is 32.2. The van der Waals surface area contributed by atoms with E-state index >= 15 is 0 Å². The van der Waals surface area contributed by atoms with E-state index in [9.17, 15) is 8.42 Å². The fraction of sp³-hybridized carbons (Fsp3) is 0.625. The van der Waals surface area contributed by atoms with Gasteiger partial charge in [0, 0.05) is 19.6 Å². The molecule has 4 N–H and O–H groups in total. The van der Waals surface area contributed by atoms with Crippen LogP contribution in [-0.4, -0.2) is 49.5 Å². The predicted octanol–water partition coefficient (Wildman–Crippen LogP) is -1.34. The second kappa shape index (κ2) is 5.94. The number of aromatic nitrogens is 2. The van der Waals surface area contributed by atoms with E-state index in [0.717, 1.165) is 0 Å². The highest BCUT2D eigenvalue weighted by molar-refractivity contribution is 7.89. The van der Waals surface area contributed by atoms with Gasteiger partial charge in [0.25, 0.3) is 10.0 Å². The first-order valence-corrected chi connectivity index (χ1v) is 6.38. The van der Waals surface area contributed by atoms with E-state index in [4.69, 9.17) is 5.11 Å². The van der Waals surface area contributed by atoms with Gasteiger partial charge in [0.1, 0.15) is 0 Å². The third kappa shape index (κ3) is 4.27. The molecule has 1 rings (SSSR count). The number of nitrogens with zero attached hydrogens (tertiary/aromatic N) is 1. The van der Waals surface area contributed by atoms with Crippen molar-refractivity contribution >= 4 is 10.0 Å². The fourth-order valence-corrected chi connectivity index (χ4v) is 1.99. The molecule has 7 nitrogen and oxygen atoms in total. The van der Waals surface area contributed by atoms with Gasteiger partial charge in [-0.1, -0.05) is 0 Å². The third-order valence-corrected chi connectivity index (χ3v) is 3.19. The molecule has 0 bridgehead atoms. The molecule has 0 aliphatic carbocycles. The molecule has 0 aliphatic rings. The van der Waals surface area contributed by atoms with E-state index in [1.54, 1.807) is 6.92 Å². The third-order valence-electron chi connectivity index (χ3n) is 1.80. The van der Waals surface area contributed by atoms with Crippen LogP contribution >= 0.6 is 0 Å². The number of nitrogens with one attached hydrogen (secondary N) is 3. The molecule has 1 heterocycles. The van der Waals surface area contributed by atoms with Gasteiger partial charge in [-0.3, -0.25) is 5.10 Å². The Balaban J connectivity index is 2.28. The first-order chi connectivity index (χ1) is 7.52. The van der Waals surface area contributed by atoms with E-state index in [0.29, 0.717) is 13.1 Å². The summed E-state index contributed by atoms with van der Waals surface area (Å²) in [6, 6.07) is 1.38. The van der Waals surface area contributed by atoms with Gasteiger partial charge in [0.15, 0.2) is 5.03 Å². The zero-order chi connectivity index (χ0) is 12.0. The molecule has 0 aliphatic heterocycles. The standard InChI is InChI=1S/C8H16N4O3S/c1-7(13)6-9-4-5-11-16(14,15)8-2-3-10-12-8/h2-3,7,9,11,13H,4-6H2,1H3,(H,10,12). The highest BCUT2D eigenvalue weighted by Crippen LogP contribution is 2.00. The van der Waals surface area contributed by atoms with Crippen molar-refractivity contribution in [1.29, 1.82) is 0 Å². The van der Waals surface area contributed by atoms with Crippen molar-refractivity contribution in [1.82, 2.24) is 20.2 Å². The molecule has 8 heteroatoms. The van der Waals surface area contributed by atoms with Crippen LogP contribution in [0.15, 0.2) is 17.3 Å². The summed E-state index contributed by atoms with van der Waals surface area (Å²) in [5.74, 6) is 0. The number of sulfonamides is 1. The van der Waals surface area contributed by atoms with Crippen LogP contribution in [0.5, 0.6) is 0 Å². The van der Waals surface area contributed by atoms with Gasteiger partial charge in [-0.2, -0.15) is 5.10 Å². The summed E-state index contributed by atoms with van der Waals surface area (Å²) >= 11 is 0. The highest BCUT2D eigenvalue weighted by Gasteiger charge is 2.13. The molecule has 1 aromatic rings. The summed E-state index contributed by atoms with van der Waals surface area (Å²) in [4.78, 5) is 0. The van der Waals surface area contributed by atoms with Crippen LogP contribution in [0.4, 0.5) is 0 Å². The Bertz CT molecular complexity index is 387. The largest absolute Gasteiger partial charge is 0.392 e. The number of rotatable bonds is 7. The lowest BCUT2D eigenvalue weighted by Gasteiger charge is -2.07. The maximum absolute atomic E-state index is 11.5. The Morgan fingerprint density at radius 2 is 2.31 bits per heavy atom. The maximum atomic E-state index is 11.5. The lowest BCUT2D eigenvalue weighted by Crippen LogP contribution is -2.34. The molecule has 0 saturated carbocycles. The summed E-state index contributed by atoms with van der Waals surface area (Å²) < 4.78 is 25.5. The van der Waals surface area contributed by atoms with Crippen LogP contribution in [0.1, 0.15) is 6.92 Å². The number of H-pyrrole nitrogens is 1. The number of hydrogen-bond acceptors (Lipinski definition) is 5. The minimum absolute atomic E-state index is 0.0445. The Labute approximate surface area is 94.3 Å². The Morgan fingerprint density at radius 3 is 2.88 bits per heavy atom. The molecule has 0 saturated heterocycles. The van der Waals surface area contributed by atoms with Crippen molar-refractivity contribution in [3.05, 3.63) is 12.3 Å². The number of aliphatic hydroxyl groups excluding tert-OH is 1. The van der Waals surface area contributed by atoms with Crippen LogP contribution in [-0.2, 0) is 10.0 Å². The quantitative estimate of drug-likeness (QED) is 0.447. The molecule has 0 fully saturated rings. The minimum Gasteiger partial charge on any atom is -0.392 e. The molecule has 92 valence electrons. The van der Waals surface area contributed by atoms with Crippen molar-refractivity contribution in [3.63, 3.8) is 0 Å². The molecule has 1 atom stereocenters. The summed E-state index contributed by atoms with van der Waals surface area (Å²) in [5.41, 5.74) is 0. The zero-order valence-corrected chi connectivity index (χ0v) is 9.79. The van der Waals surface area contributed by atoms with Crippen molar-refractivity contribution in [2.45, 2.75) is 18.1 Å². The molecule has 1 unspecified atom stereocenters. The average Bonchev–Trinajstić information content (AvgIpc) is 2.69. The zero-order valence-electron chi connectivity index (χ0n) is 8.97. The number of hydrogen-bond donors (Lipinski definition) is 4. The molecule has 0 radical (unpaired) electrons. The molecule has 0 aromatic carbocycles. The molecular formula is C8H16N4O3S. The van der Waals surface area contributed by atoms with Crippen LogP contribution in [0.25, 0.3) is 0 Å². The monoisotopic (exact) mass is 248 g/mol. The average molecular weight is 248 g/mol. The Morgan fingerprint density at radius 1 is 1.56 bits per heavy atom. The summed E-state index contributed by atoms with van der Waals surface area (Å²) in [6.45, 7) is 2.81. The maximum Gasteiger partial charge on any atom is 0.257 e. The van der Waals surface area contributed by atoms with E-state index in [1.807, 2.05) is 0 Å². The molecule has 0 spiro atoms. The van der Waals surface area contributed by atoms with E-state index in [-0.39, 0.29) is 11.6 Å². The first kappa shape index (κ1) is 13.1. The number of aromatic amines is 1. The van der Waals surface area contributed by atoms with Crippen molar-refractivity contribution < 1.29 is 13.5 Å². The lowest BCUT2D eigenvalue weighted by atomic mass is 10.4. The lowest BCUT2D eigenvalue weighted by molar-refractivity contribution is 0.192. The van der Waals surface area contributed by atoms with E-state index in [2.05, 4.69) is 20.2 Å². The van der Waals surface area contributed by atoms with Crippen LogP contribution < -0.4 is 10.0 Å². The predicted molar refractivity (Wildman–Crippen MR) is 58.3 cm³/mol. The van der Waals surface area contributed by atoms with Gasteiger partial charge in [0.05, 0.1) is 12.3 Å². The second-order valence-electron chi connectivity index (χ2n) is 3.37. The molecular weight excluding hydrogens is 232 g/mol. The van der Waals surface area contributed by atoms with Crippen LogP contribution in [0.2, 0.25) is 0 Å². The van der Waals surface area contributed by atoms with Crippen LogP contribution in [0.3, 0.4) is 0 Å². The van der Waals surface area contributed by atoms with Gasteiger partial charge >= 0.3 is 0 Å². The SMILES string of the molecule is CC(O)CNCCNS(=O)(=O)c1ccn[nH]1. The topological polar surface area (TPSA) is 107 Å². The normalized spacial score (nSPS) is 13.9. The van der Waals surface area contributed by atoms with Crippen molar-refractivity contribution in [3.8, 4) is 0 Å². The molecule has 0 amide bonds. The van der Waals surface area contributed by atoms with E-state index in [1.165, 1.54) is 12.3 Å². The first-order valence-electron chi connectivity index (χ1n) is 4.90. The minimum atomic E-state index is -3.49. The van der Waals surface area contributed by atoms with Gasteiger partial charge in [-0.15, -0.1) is 0 Å². The number of aliphatic hydroxyl groups is 1. The summed E-state index contributed by atoms with van der Waals surface area (Å²) in [5, 5.41) is 17.8. The summed E-state index contributed by atoms with van der Waals surface area (Å²) in [7, 11) is -3.49. The molecule has 16 heavy (non-hydrogen) atoms. The van der Waals surface area contributed by atoms with Gasteiger partial charge in [0.2, 0.25) is 0 Å². The van der Waals surface area contributed by atoms with Crippen molar-refractivity contribution in [2.75, 3.05) is 19.6 Å². The smallest absolute Gasteiger partial charge is 0.257 e. The van der Waals surface area contributed by atoms with Gasteiger partial charge < -0.3 is 10.4 Å². The second-order valence-corrected chi connectivity index (χ2v) is 5.11. The Kier molecular flexibility index (Phi) is 4.87. The fourth-order valence-electron chi connectivity index (χ4n) is 1.06.